The Hall–Kier alpha value is -3.00. The number of likely N-dealkylation sites (tertiary alicyclic amines) is 1. The summed E-state index contributed by atoms with van der Waals surface area (Å²) in [6, 6.07) is 7.12. The van der Waals surface area contributed by atoms with E-state index in [0.717, 1.165) is 51.0 Å². The molecule has 2 aliphatic heterocycles. The van der Waals surface area contributed by atoms with Gasteiger partial charge in [0.05, 0.1) is 21.5 Å². The van der Waals surface area contributed by atoms with E-state index in [9.17, 15) is 14.4 Å². The Labute approximate surface area is 183 Å². The third-order valence-electron chi connectivity index (χ3n) is 6.17. The summed E-state index contributed by atoms with van der Waals surface area (Å²) in [6.45, 7) is 3.97. The quantitative estimate of drug-likeness (QED) is 0.680. The molecule has 0 spiro atoms. The number of benzene rings is 1. The second-order valence-electron chi connectivity index (χ2n) is 8.18. The minimum absolute atomic E-state index is 0.0556. The van der Waals surface area contributed by atoms with Gasteiger partial charge >= 0.3 is 0 Å². The zero-order valence-electron chi connectivity index (χ0n) is 17.4. The SMILES string of the molecule is Cc1c(C(=O)Nc2ccccc2C(=O)N2CCCCC2)sc2nc3n(c(=O)c12)CCC3. The van der Waals surface area contributed by atoms with E-state index in [-0.39, 0.29) is 17.4 Å². The summed E-state index contributed by atoms with van der Waals surface area (Å²) < 4.78 is 1.72. The minimum Gasteiger partial charge on any atom is -0.339 e. The van der Waals surface area contributed by atoms with Gasteiger partial charge in [0.1, 0.15) is 10.7 Å². The van der Waals surface area contributed by atoms with Crippen molar-refractivity contribution in [3.05, 3.63) is 56.4 Å². The lowest BCUT2D eigenvalue weighted by atomic mass is 10.1. The van der Waals surface area contributed by atoms with Crippen LogP contribution in [0.4, 0.5) is 5.69 Å². The Bertz CT molecular complexity index is 1250. The molecule has 2 aliphatic rings. The highest BCUT2D eigenvalue weighted by Gasteiger charge is 2.25. The molecule has 2 amide bonds. The van der Waals surface area contributed by atoms with Crippen LogP contribution in [0.3, 0.4) is 0 Å². The average molecular weight is 437 g/mol. The molecular formula is C23H24N4O3S. The van der Waals surface area contributed by atoms with Crippen LogP contribution in [0.1, 0.15) is 57.1 Å². The molecule has 31 heavy (non-hydrogen) atoms. The van der Waals surface area contributed by atoms with E-state index in [0.29, 0.717) is 38.5 Å². The number of anilines is 1. The second-order valence-corrected chi connectivity index (χ2v) is 9.18. The molecule has 0 unspecified atom stereocenters. The highest BCUT2D eigenvalue weighted by molar-refractivity contribution is 7.20. The molecule has 0 saturated carbocycles. The Morgan fingerprint density at radius 1 is 1.06 bits per heavy atom. The first-order valence-corrected chi connectivity index (χ1v) is 11.6. The van der Waals surface area contributed by atoms with Crippen LogP contribution in [-0.2, 0) is 13.0 Å². The van der Waals surface area contributed by atoms with Gasteiger partial charge in [0.25, 0.3) is 17.4 Å². The topological polar surface area (TPSA) is 84.3 Å². The largest absolute Gasteiger partial charge is 0.339 e. The lowest BCUT2D eigenvalue weighted by molar-refractivity contribution is 0.0725. The Morgan fingerprint density at radius 3 is 2.65 bits per heavy atom. The normalized spacial score (nSPS) is 15.8. The van der Waals surface area contributed by atoms with Crippen molar-refractivity contribution < 1.29 is 9.59 Å². The van der Waals surface area contributed by atoms with Crippen LogP contribution in [0.2, 0.25) is 0 Å². The van der Waals surface area contributed by atoms with Gasteiger partial charge in [0.2, 0.25) is 0 Å². The first-order valence-electron chi connectivity index (χ1n) is 10.8. The van der Waals surface area contributed by atoms with Crippen molar-refractivity contribution in [2.45, 2.75) is 45.6 Å². The molecule has 0 bridgehead atoms. The Morgan fingerprint density at radius 2 is 1.84 bits per heavy atom. The summed E-state index contributed by atoms with van der Waals surface area (Å²) in [5.41, 5.74) is 1.57. The first-order chi connectivity index (χ1) is 15.0. The van der Waals surface area contributed by atoms with Crippen LogP contribution < -0.4 is 10.9 Å². The highest BCUT2D eigenvalue weighted by Crippen LogP contribution is 2.30. The molecule has 4 heterocycles. The number of amides is 2. The van der Waals surface area contributed by atoms with Gasteiger partial charge in [0.15, 0.2) is 0 Å². The van der Waals surface area contributed by atoms with Crippen LogP contribution >= 0.6 is 11.3 Å². The highest BCUT2D eigenvalue weighted by atomic mass is 32.1. The van der Waals surface area contributed by atoms with Gasteiger partial charge in [-0.3, -0.25) is 19.0 Å². The molecule has 0 radical (unpaired) electrons. The van der Waals surface area contributed by atoms with E-state index in [2.05, 4.69) is 10.3 Å². The average Bonchev–Trinajstić information content (AvgIpc) is 3.39. The fourth-order valence-corrected chi connectivity index (χ4v) is 5.60. The van der Waals surface area contributed by atoms with Crippen LogP contribution in [-0.4, -0.2) is 39.4 Å². The smallest absolute Gasteiger partial charge is 0.266 e. The number of carbonyl (C=O) groups is 2. The molecule has 1 fully saturated rings. The third-order valence-corrected chi connectivity index (χ3v) is 7.35. The van der Waals surface area contributed by atoms with Gasteiger partial charge in [0, 0.05) is 26.1 Å². The number of fused-ring (bicyclic) bond motifs is 2. The van der Waals surface area contributed by atoms with Crippen LogP contribution in [0.25, 0.3) is 10.2 Å². The summed E-state index contributed by atoms with van der Waals surface area (Å²) in [5.74, 6) is 0.423. The maximum absolute atomic E-state index is 13.2. The zero-order chi connectivity index (χ0) is 21.5. The van der Waals surface area contributed by atoms with Crippen LogP contribution in [0.15, 0.2) is 29.1 Å². The third kappa shape index (κ3) is 3.44. The van der Waals surface area contributed by atoms with Crippen molar-refractivity contribution in [3.63, 3.8) is 0 Å². The summed E-state index contributed by atoms with van der Waals surface area (Å²) in [6.07, 6.45) is 4.87. The van der Waals surface area contributed by atoms with Crippen molar-refractivity contribution in [3.8, 4) is 0 Å². The second kappa shape index (κ2) is 7.92. The number of hydrogen-bond acceptors (Lipinski definition) is 5. The van der Waals surface area contributed by atoms with Crippen LogP contribution in [0, 0.1) is 6.92 Å². The number of thiophene rings is 1. The summed E-state index contributed by atoms with van der Waals surface area (Å²) in [7, 11) is 0. The maximum Gasteiger partial charge on any atom is 0.266 e. The number of aromatic nitrogens is 2. The number of aryl methyl sites for hydroxylation is 2. The lowest BCUT2D eigenvalue weighted by Gasteiger charge is -2.27. The standard InChI is InChI=1S/C23H24N4O3S/c1-14-18-21(25-17-10-7-13-27(17)23(18)30)31-19(14)20(28)24-16-9-4-3-8-15(16)22(29)26-11-5-2-6-12-26/h3-4,8-9H,2,5-7,10-13H2,1H3,(H,24,28). The number of nitrogens with one attached hydrogen (secondary N) is 1. The number of hydrogen-bond donors (Lipinski definition) is 1. The number of carbonyl (C=O) groups excluding carboxylic acids is 2. The number of rotatable bonds is 3. The number of para-hydroxylation sites is 1. The van der Waals surface area contributed by atoms with Gasteiger partial charge in [-0.2, -0.15) is 0 Å². The maximum atomic E-state index is 13.2. The van der Waals surface area contributed by atoms with E-state index in [1.54, 1.807) is 29.7 Å². The van der Waals surface area contributed by atoms with Gasteiger partial charge in [-0.05, 0) is 50.3 Å². The fraction of sp³-hybridized carbons (Fsp3) is 0.391. The molecular weight excluding hydrogens is 412 g/mol. The molecule has 1 aromatic carbocycles. The molecule has 2 aromatic heterocycles. The fourth-order valence-electron chi connectivity index (χ4n) is 4.52. The van der Waals surface area contributed by atoms with E-state index in [1.807, 2.05) is 11.0 Å². The van der Waals surface area contributed by atoms with Crippen molar-refractivity contribution in [2.24, 2.45) is 0 Å². The monoisotopic (exact) mass is 436 g/mol. The molecule has 160 valence electrons. The predicted molar refractivity (Wildman–Crippen MR) is 121 cm³/mol. The van der Waals surface area contributed by atoms with Crippen molar-refractivity contribution in [1.29, 1.82) is 0 Å². The first kappa shape index (κ1) is 19.9. The predicted octanol–water partition coefficient (Wildman–Crippen LogP) is 3.59. The molecule has 3 aromatic rings. The van der Waals surface area contributed by atoms with E-state index in [1.165, 1.54) is 11.3 Å². The van der Waals surface area contributed by atoms with Gasteiger partial charge in [-0.25, -0.2) is 4.98 Å². The molecule has 8 heteroatoms. The molecule has 7 nitrogen and oxygen atoms in total. The van der Waals surface area contributed by atoms with Crippen molar-refractivity contribution in [2.75, 3.05) is 18.4 Å². The van der Waals surface area contributed by atoms with Gasteiger partial charge < -0.3 is 10.2 Å². The Kier molecular flexibility index (Phi) is 5.09. The number of piperidine rings is 1. The van der Waals surface area contributed by atoms with Crippen LogP contribution in [0.5, 0.6) is 0 Å². The van der Waals surface area contributed by atoms with Gasteiger partial charge in [-0.1, -0.05) is 12.1 Å². The summed E-state index contributed by atoms with van der Waals surface area (Å²) in [4.78, 5) is 46.6. The van der Waals surface area contributed by atoms with Gasteiger partial charge in [-0.15, -0.1) is 11.3 Å². The molecule has 0 aliphatic carbocycles. The summed E-state index contributed by atoms with van der Waals surface area (Å²) in [5, 5.41) is 3.44. The Balaban J connectivity index is 1.47. The minimum atomic E-state index is -0.316. The number of nitrogens with zero attached hydrogens (tertiary/aromatic N) is 3. The molecule has 1 saturated heterocycles. The van der Waals surface area contributed by atoms with Crippen molar-refractivity contribution >= 4 is 39.1 Å². The van der Waals surface area contributed by atoms with Crippen molar-refractivity contribution in [1.82, 2.24) is 14.5 Å². The van der Waals surface area contributed by atoms with E-state index < -0.39 is 0 Å². The zero-order valence-corrected chi connectivity index (χ0v) is 18.3. The molecule has 0 atom stereocenters. The molecule has 1 N–H and O–H groups in total. The molecule has 5 rings (SSSR count). The lowest BCUT2D eigenvalue weighted by Crippen LogP contribution is -2.36. The van der Waals surface area contributed by atoms with E-state index in [4.69, 9.17) is 0 Å². The summed E-state index contributed by atoms with van der Waals surface area (Å²) >= 11 is 1.24. The van der Waals surface area contributed by atoms with E-state index >= 15 is 0 Å².